The molecule has 0 spiro atoms. The first-order valence-corrected chi connectivity index (χ1v) is 4.04. The number of nitrogens with zero attached hydrogens (tertiary/aromatic N) is 4. The minimum absolute atomic E-state index is 0.284. The van der Waals surface area contributed by atoms with Gasteiger partial charge in [0.1, 0.15) is 13.3 Å². The molecule has 0 unspecified atom stereocenters. The fourth-order valence-corrected chi connectivity index (χ4v) is 1.19. The molecule has 2 heterocycles. The van der Waals surface area contributed by atoms with E-state index >= 15 is 0 Å². The molecule has 1 amide bonds. The van der Waals surface area contributed by atoms with E-state index in [-0.39, 0.29) is 6.09 Å². The van der Waals surface area contributed by atoms with E-state index in [9.17, 15) is 4.79 Å². The van der Waals surface area contributed by atoms with Crippen molar-refractivity contribution in [3.8, 4) is 0 Å². The second-order valence-electron chi connectivity index (χ2n) is 2.92. The van der Waals surface area contributed by atoms with Crippen LogP contribution in [0.25, 0.3) is 0 Å². The van der Waals surface area contributed by atoms with Crippen LogP contribution in [0, 0.1) is 6.92 Å². The monoisotopic (exact) mass is 182 g/mol. The zero-order valence-corrected chi connectivity index (χ0v) is 7.30. The maximum Gasteiger partial charge on any atom is 0.411 e. The van der Waals surface area contributed by atoms with E-state index in [2.05, 4.69) is 10.3 Å². The van der Waals surface area contributed by atoms with Crippen molar-refractivity contribution < 1.29 is 9.53 Å². The lowest BCUT2D eigenvalue weighted by atomic mass is 10.6. The zero-order valence-electron chi connectivity index (χ0n) is 7.30. The molecule has 6 heteroatoms. The van der Waals surface area contributed by atoms with Gasteiger partial charge >= 0.3 is 6.09 Å². The number of amides is 1. The van der Waals surface area contributed by atoms with Gasteiger partial charge in [0.2, 0.25) is 0 Å². The predicted octanol–water partition coefficient (Wildman–Crippen LogP) is -0.00378. The van der Waals surface area contributed by atoms with Crippen molar-refractivity contribution in [2.45, 2.75) is 13.6 Å². The lowest BCUT2D eigenvalue weighted by Crippen LogP contribution is -2.27. The molecule has 1 aliphatic heterocycles. The highest BCUT2D eigenvalue weighted by Crippen LogP contribution is 2.04. The summed E-state index contributed by atoms with van der Waals surface area (Å²) < 4.78 is 6.38. The van der Waals surface area contributed by atoms with Gasteiger partial charge in [-0.2, -0.15) is 0 Å². The largest absolute Gasteiger partial charge is 0.447 e. The van der Waals surface area contributed by atoms with Gasteiger partial charge in [-0.15, -0.1) is 5.10 Å². The second kappa shape index (κ2) is 3.04. The van der Waals surface area contributed by atoms with Crippen molar-refractivity contribution in [1.29, 1.82) is 0 Å². The molecule has 0 aliphatic carbocycles. The van der Waals surface area contributed by atoms with Crippen LogP contribution in [0.2, 0.25) is 0 Å². The van der Waals surface area contributed by atoms with Crippen molar-refractivity contribution in [2.24, 2.45) is 0 Å². The number of hydrogen-bond donors (Lipinski definition) is 0. The van der Waals surface area contributed by atoms with Crippen LogP contribution in [0.1, 0.15) is 5.69 Å². The van der Waals surface area contributed by atoms with Crippen molar-refractivity contribution in [3.63, 3.8) is 0 Å². The Balaban J connectivity index is 2.01. The summed E-state index contributed by atoms with van der Waals surface area (Å²) in [6.07, 6.45) is 1.50. The Morgan fingerprint density at radius 1 is 1.69 bits per heavy atom. The summed E-state index contributed by atoms with van der Waals surface area (Å²) in [6.45, 7) is 3.36. The molecular formula is C7H10N4O2. The summed E-state index contributed by atoms with van der Waals surface area (Å²) >= 11 is 0. The normalized spacial score (nSPS) is 16.4. The minimum atomic E-state index is -0.284. The molecule has 1 saturated heterocycles. The molecule has 0 radical (unpaired) electrons. The van der Waals surface area contributed by atoms with E-state index in [1.165, 1.54) is 0 Å². The molecule has 0 N–H and O–H groups in total. The summed E-state index contributed by atoms with van der Waals surface area (Å²) in [5.41, 5.74) is 0.840. The number of hydrogen-bond acceptors (Lipinski definition) is 4. The highest BCUT2D eigenvalue weighted by molar-refractivity contribution is 5.68. The van der Waals surface area contributed by atoms with Crippen LogP contribution in [0.3, 0.4) is 0 Å². The van der Waals surface area contributed by atoms with Crippen molar-refractivity contribution in [1.82, 2.24) is 19.9 Å². The van der Waals surface area contributed by atoms with Gasteiger partial charge in [0.15, 0.2) is 0 Å². The van der Waals surface area contributed by atoms with Gasteiger partial charge in [0, 0.05) is 0 Å². The summed E-state index contributed by atoms with van der Waals surface area (Å²) in [4.78, 5) is 12.6. The maximum atomic E-state index is 11.0. The van der Waals surface area contributed by atoms with Crippen LogP contribution < -0.4 is 0 Å². The topological polar surface area (TPSA) is 60.2 Å². The number of aryl methyl sites for hydroxylation is 1. The second-order valence-corrected chi connectivity index (χ2v) is 2.92. The number of aromatic nitrogens is 3. The third-order valence-electron chi connectivity index (χ3n) is 1.81. The minimum Gasteiger partial charge on any atom is -0.447 e. The average Bonchev–Trinajstić information content (AvgIpc) is 2.64. The smallest absolute Gasteiger partial charge is 0.411 e. The van der Waals surface area contributed by atoms with E-state index in [4.69, 9.17) is 4.74 Å². The quantitative estimate of drug-likeness (QED) is 0.645. The number of ether oxygens (including phenoxy) is 1. The van der Waals surface area contributed by atoms with Gasteiger partial charge in [0.05, 0.1) is 18.4 Å². The number of rotatable bonds is 2. The molecule has 1 aromatic heterocycles. The first-order valence-electron chi connectivity index (χ1n) is 4.04. The van der Waals surface area contributed by atoms with Crippen LogP contribution in [-0.4, -0.2) is 39.1 Å². The van der Waals surface area contributed by atoms with Crippen LogP contribution >= 0.6 is 0 Å². The van der Waals surface area contributed by atoms with Gasteiger partial charge in [0.25, 0.3) is 0 Å². The van der Waals surface area contributed by atoms with Gasteiger partial charge < -0.3 is 4.74 Å². The first-order chi connectivity index (χ1) is 6.25. The van der Waals surface area contributed by atoms with Crippen LogP contribution in [0.5, 0.6) is 0 Å². The molecule has 0 aromatic carbocycles. The highest BCUT2D eigenvalue weighted by Gasteiger charge is 2.21. The molecule has 0 saturated carbocycles. The molecule has 6 nitrogen and oxygen atoms in total. The molecule has 0 atom stereocenters. The summed E-state index contributed by atoms with van der Waals surface area (Å²) in [6, 6.07) is 0. The summed E-state index contributed by atoms with van der Waals surface area (Å²) in [5.74, 6) is 0. The fourth-order valence-electron chi connectivity index (χ4n) is 1.19. The lowest BCUT2D eigenvalue weighted by molar-refractivity contribution is 0.149. The first kappa shape index (κ1) is 8.03. The fraction of sp³-hybridized carbons (Fsp3) is 0.571. The molecule has 2 rings (SSSR count). The Kier molecular flexibility index (Phi) is 1.88. The standard InChI is InChI=1S/C7H10N4O2/c1-6-4-11(9-8-6)5-10-2-3-13-7(10)12/h4H,2-3,5H2,1H3. The van der Waals surface area contributed by atoms with E-state index in [1.54, 1.807) is 15.8 Å². The Morgan fingerprint density at radius 2 is 2.54 bits per heavy atom. The van der Waals surface area contributed by atoms with Gasteiger partial charge in [-0.05, 0) is 6.92 Å². The molecule has 1 aliphatic rings. The van der Waals surface area contributed by atoms with E-state index < -0.39 is 0 Å². The highest BCUT2D eigenvalue weighted by atomic mass is 16.6. The maximum absolute atomic E-state index is 11.0. The zero-order chi connectivity index (χ0) is 9.26. The van der Waals surface area contributed by atoms with Crippen LogP contribution in [-0.2, 0) is 11.4 Å². The van der Waals surface area contributed by atoms with E-state index in [0.29, 0.717) is 19.8 Å². The van der Waals surface area contributed by atoms with E-state index in [0.717, 1.165) is 5.69 Å². The van der Waals surface area contributed by atoms with Gasteiger partial charge in [-0.3, -0.25) is 4.90 Å². The predicted molar refractivity (Wildman–Crippen MR) is 42.8 cm³/mol. The molecule has 1 fully saturated rings. The number of carbonyl (C=O) groups is 1. The van der Waals surface area contributed by atoms with Crippen LogP contribution in [0.15, 0.2) is 6.20 Å². The van der Waals surface area contributed by atoms with E-state index in [1.807, 2.05) is 6.92 Å². The van der Waals surface area contributed by atoms with Crippen molar-refractivity contribution in [3.05, 3.63) is 11.9 Å². The lowest BCUT2D eigenvalue weighted by Gasteiger charge is -2.10. The Bertz CT molecular complexity index is 322. The Hall–Kier alpha value is -1.59. The summed E-state index contributed by atoms with van der Waals surface area (Å²) in [7, 11) is 0. The van der Waals surface area contributed by atoms with Crippen molar-refractivity contribution >= 4 is 6.09 Å². The Morgan fingerprint density at radius 3 is 3.08 bits per heavy atom. The molecule has 13 heavy (non-hydrogen) atoms. The van der Waals surface area contributed by atoms with Gasteiger partial charge in [-0.25, -0.2) is 9.48 Å². The average molecular weight is 182 g/mol. The number of carbonyl (C=O) groups excluding carboxylic acids is 1. The van der Waals surface area contributed by atoms with Crippen molar-refractivity contribution in [2.75, 3.05) is 13.2 Å². The molecular weight excluding hydrogens is 172 g/mol. The summed E-state index contributed by atoms with van der Waals surface area (Å²) in [5, 5.41) is 7.65. The Labute approximate surface area is 75.1 Å². The third-order valence-corrected chi connectivity index (χ3v) is 1.81. The third kappa shape index (κ3) is 1.61. The van der Waals surface area contributed by atoms with Gasteiger partial charge in [-0.1, -0.05) is 5.21 Å². The molecule has 1 aromatic rings. The number of cyclic esters (lactones) is 1. The molecule has 70 valence electrons. The van der Waals surface area contributed by atoms with Crippen LogP contribution in [0.4, 0.5) is 4.79 Å². The SMILES string of the molecule is Cc1cn(CN2CCOC2=O)nn1. The molecule has 0 bridgehead atoms.